The molecule has 0 aliphatic heterocycles. The van der Waals surface area contributed by atoms with Gasteiger partial charge in [-0.1, -0.05) is 42.5 Å². The molecule has 0 aromatic heterocycles. The number of ether oxygens (including phenoxy) is 1. The minimum Gasteiger partial charge on any atom is -0.492 e. The number of carbonyl (C=O) groups excluding carboxylic acids is 2. The molecule has 0 spiro atoms. The van der Waals surface area contributed by atoms with Gasteiger partial charge in [-0.2, -0.15) is 0 Å². The van der Waals surface area contributed by atoms with Crippen molar-refractivity contribution in [1.82, 2.24) is 5.32 Å². The monoisotopic (exact) mass is 352 g/mol. The topological polar surface area (TPSA) is 67.4 Å². The lowest BCUT2D eigenvalue weighted by Gasteiger charge is -2.18. The van der Waals surface area contributed by atoms with Gasteiger partial charge in [-0.15, -0.1) is 0 Å². The molecule has 0 atom stereocenters. The summed E-state index contributed by atoms with van der Waals surface area (Å²) in [6.45, 7) is 2.39. The summed E-state index contributed by atoms with van der Waals surface area (Å²) >= 11 is 0. The van der Waals surface area contributed by atoms with E-state index in [0.717, 1.165) is 19.3 Å². The third kappa shape index (κ3) is 4.85. The predicted molar refractivity (Wildman–Crippen MR) is 101 cm³/mol. The van der Waals surface area contributed by atoms with Gasteiger partial charge in [-0.3, -0.25) is 9.59 Å². The number of amides is 2. The van der Waals surface area contributed by atoms with Gasteiger partial charge in [0.1, 0.15) is 12.2 Å². The number of hydrogen-bond acceptors (Lipinski definition) is 3. The summed E-state index contributed by atoms with van der Waals surface area (Å²) < 4.78 is 5.48. The van der Waals surface area contributed by atoms with Crippen LogP contribution in [-0.4, -0.2) is 24.0 Å². The van der Waals surface area contributed by atoms with Crippen molar-refractivity contribution < 1.29 is 14.3 Å². The zero-order chi connectivity index (χ0) is 18.4. The number of para-hydroxylation sites is 2. The minimum absolute atomic E-state index is 0.193. The van der Waals surface area contributed by atoms with E-state index in [-0.39, 0.29) is 23.8 Å². The first kappa shape index (κ1) is 18.0. The highest BCUT2D eigenvalue weighted by Gasteiger charge is 2.43. The molecular formula is C21H24N2O3. The molecule has 2 aromatic carbocycles. The van der Waals surface area contributed by atoms with Crippen molar-refractivity contribution in [2.75, 3.05) is 11.9 Å². The van der Waals surface area contributed by atoms with E-state index >= 15 is 0 Å². The Hall–Kier alpha value is -2.82. The average Bonchev–Trinajstić information content (AvgIpc) is 3.36. The molecule has 26 heavy (non-hydrogen) atoms. The molecule has 1 aliphatic carbocycles. The standard InChI is InChI=1S/C21H24N2O3/c1-2-26-18-11-7-6-10-17(18)22-19(24)14-20(25)23-21(12-13-21)15-16-8-4-3-5-9-16/h3-11H,2,12-15H2,1H3,(H,22,24)(H,23,25). The van der Waals surface area contributed by atoms with E-state index in [1.54, 1.807) is 12.1 Å². The van der Waals surface area contributed by atoms with Crippen LogP contribution in [-0.2, 0) is 16.0 Å². The third-order valence-electron chi connectivity index (χ3n) is 4.43. The lowest BCUT2D eigenvalue weighted by Crippen LogP contribution is -2.40. The molecule has 5 heteroatoms. The van der Waals surface area contributed by atoms with Crippen LogP contribution in [0, 0.1) is 0 Å². The number of anilines is 1. The zero-order valence-electron chi connectivity index (χ0n) is 15.0. The number of nitrogens with one attached hydrogen (secondary N) is 2. The van der Waals surface area contributed by atoms with Crippen LogP contribution >= 0.6 is 0 Å². The Balaban J connectivity index is 1.53. The highest BCUT2D eigenvalue weighted by atomic mass is 16.5. The fourth-order valence-corrected chi connectivity index (χ4v) is 3.01. The van der Waals surface area contributed by atoms with Crippen LogP contribution in [0.5, 0.6) is 5.75 Å². The fraction of sp³-hybridized carbons (Fsp3) is 0.333. The van der Waals surface area contributed by atoms with Crippen LogP contribution in [0.15, 0.2) is 54.6 Å². The van der Waals surface area contributed by atoms with E-state index in [0.29, 0.717) is 18.0 Å². The van der Waals surface area contributed by atoms with Crippen molar-refractivity contribution >= 4 is 17.5 Å². The highest BCUT2D eigenvalue weighted by Crippen LogP contribution is 2.38. The SMILES string of the molecule is CCOc1ccccc1NC(=O)CC(=O)NC1(Cc2ccccc2)CC1. The average molecular weight is 352 g/mol. The quantitative estimate of drug-likeness (QED) is 0.716. The molecular weight excluding hydrogens is 328 g/mol. The van der Waals surface area contributed by atoms with Crippen molar-refractivity contribution in [3.8, 4) is 5.75 Å². The molecule has 1 saturated carbocycles. The molecule has 0 bridgehead atoms. The van der Waals surface area contributed by atoms with Crippen LogP contribution in [0.4, 0.5) is 5.69 Å². The molecule has 2 N–H and O–H groups in total. The number of rotatable bonds is 8. The van der Waals surface area contributed by atoms with Gasteiger partial charge in [0.2, 0.25) is 11.8 Å². The predicted octanol–water partition coefficient (Wildman–Crippen LogP) is 3.31. The van der Waals surface area contributed by atoms with E-state index in [1.165, 1.54) is 5.56 Å². The smallest absolute Gasteiger partial charge is 0.233 e. The van der Waals surface area contributed by atoms with Gasteiger partial charge < -0.3 is 15.4 Å². The summed E-state index contributed by atoms with van der Waals surface area (Å²) in [6.07, 6.45) is 2.50. The molecule has 0 radical (unpaired) electrons. The summed E-state index contributed by atoms with van der Waals surface area (Å²) in [7, 11) is 0. The van der Waals surface area contributed by atoms with Gasteiger partial charge in [0, 0.05) is 5.54 Å². The summed E-state index contributed by atoms with van der Waals surface area (Å²) in [5.74, 6) is 0.0153. The normalized spacial score (nSPS) is 14.3. The van der Waals surface area contributed by atoms with Crippen molar-refractivity contribution in [2.24, 2.45) is 0 Å². The largest absolute Gasteiger partial charge is 0.492 e. The Morgan fingerprint density at radius 2 is 1.69 bits per heavy atom. The molecule has 5 nitrogen and oxygen atoms in total. The van der Waals surface area contributed by atoms with Gasteiger partial charge in [-0.05, 0) is 43.9 Å². The number of benzene rings is 2. The van der Waals surface area contributed by atoms with Gasteiger partial charge in [-0.25, -0.2) is 0 Å². The molecule has 1 fully saturated rings. The summed E-state index contributed by atoms with van der Waals surface area (Å²) in [5.41, 5.74) is 1.58. The van der Waals surface area contributed by atoms with E-state index < -0.39 is 0 Å². The summed E-state index contributed by atoms with van der Waals surface area (Å²) in [4.78, 5) is 24.5. The van der Waals surface area contributed by atoms with Gasteiger partial charge in [0.05, 0.1) is 12.3 Å². The Bertz CT molecular complexity index is 770. The van der Waals surface area contributed by atoms with E-state index in [1.807, 2.05) is 37.3 Å². The molecule has 1 aliphatic rings. The van der Waals surface area contributed by atoms with Crippen LogP contribution < -0.4 is 15.4 Å². The Morgan fingerprint density at radius 3 is 2.38 bits per heavy atom. The maximum absolute atomic E-state index is 12.3. The Kier molecular flexibility index (Phi) is 5.56. The van der Waals surface area contributed by atoms with Gasteiger partial charge in [0.25, 0.3) is 0 Å². The van der Waals surface area contributed by atoms with E-state index in [2.05, 4.69) is 22.8 Å². The van der Waals surface area contributed by atoms with Gasteiger partial charge >= 0.3 is 0 Å². The Morgan fingerprint density at radius 1 is 1.00 bits per heavy atom. The summed E-state index contributed by atoms with van der Waals surface area (Å²) in [6, 6.07) is 17.3. The maximum Gasteiger partial charge on any atom is 0.233 e. The van der Waals surface area contributed by atoms with Gasteiger partial charge in [0.15, 0.2) is 0 Å². The molecule has 3 rings (SSSR count). The van der Waals surface area contributed by atoms with Crippen molar-refractivity contribution in [1.29, 1.82) is 0 Å². The van der Waals surface area contributed by atoms with Crippen molar-refractivity contribution in [2.45, 2.75) is 38.1 Å². The first-order chi connectivity index (χ1) is 12.6. The second-order valence-corrected chi connectivity index (χ2v) is 6.65. The number of hydrogen-bond donors (Lipinski definition) is 2. The molecule has 0 heterocycles. The second-order valence-electron chi connectivity index (χ2n) is 6.65. The minimum atomic E-state index is -0.342. The molecule has 0 unspecified atom stereocenters. The van der Waals surface area contributed by atoms with Crippen LogP contribution in [0.1, 0.15) is 31.7 Å². The molecule has 0 saturated heterocycles. The molecule has 2 aromatic rings. The van der Waals surface area contributed by atoms with Crippen LogP contribution in [0.3, 0.4) is 0 Å². The molecule has 2 amide bonds. The Labute approximate surface area is 153 Å². The molecule has 136 valence electrons. The second kappa shape index (κ2) is 8.04. The first-order valence-electron chi connectivity index (χ1n) is 8.97. The lowest BCUT2D eigenvalue weighted by molar-refractivity contribution is -0.127. The lowest BCUT2D eigenvalue weighted by atomic mass is 10.0. The maximum atomic E-state index is 12.3. The highest BCUT2D eigenvalue weighted by molar-refractivity contribution is 6.04. The van der Waals surface area contributed by atoms with E-state index in [4.69, 9.17) is 4.74 Å². The van der Waals surface area contributed by atoms with Crippen LogP contribution in [0.25, 0.3) is 0 Å². The summed E-state index contributed by atoms with van der Waals surface area (Å²) in [5, 5.41) is 5.80. The number of carbonyl (C=O) groups is 2. The zero-order valence-corrected chi connectivity index (χ0v) is 15.0. The van der Waals surface area contributed by atoms with Crippen LogP contribution in [0.2, 0.25) is 0 Å². The fourth-order valence-electron chi connectivity index (χ4n) is 3.01. The van der Waals surface area contributed by atoms with Crippen molar-refractivity contribution in [3.63, 3.8) is 0 Å². The third-order valence-corrected chi connectivity index (χ3v) is 4.43. The van der Waals surface area contributed by atoms with E-state index in [9.17, 15) is 9.59 Å². The first-order valence-corrected chi connectivity index (χ1v) is 8.97. The van der Waals surface area contributed by atoms with Crippen molar-refractivity contribution in [3.05, 3.63) is 60.2 Å².